The highest BCUT2D eigenvalue weighted by Crippen LogP contribution is 2.35. The van der Waals surface area contributed by atoms with Gasteiger partial charge in [-0.3, -0.25) is 4.79 Å². The lowest BCUT2D eigenvalue weighted by Crippen LogP contribution is -2.62. The van der Waals surface area contributed by atoms with Crippen molar-refractivity contribution in [1.82, 2.24) is 4.90 Å². The summed E-state index contributed by atoms with van der Waals surface area (Å²) in [5, 5.41) is 10.2. The predicted octanol–water partition coefficient (Wildman–Crippen LogP) is 2.45. The second-order valence-electron chi connectivity index (χ2n) is 5.82. The van der Waals surface area contributed by atoms with Crippen LogP contribution in [-0.2, 0) is 4.79 Å². The number of nitrogens with zero attached hydrogens (tertiary/aromatic N) is 2. The Hall–Kier alpha value is -1.26. The van der Waals surface area contributed by atoms with Crippen molar-refractivity contribution in [3.63, 3.8) is 0 Å². The molecule has 110 valence electrons. The molecule has 1 heterocycles. The average molecular weight is 297 g/mol. The minimum Gasteiger partial charge on any atom is -0.389 e. The lowest BCUT2D eigenvalue weighted by Gasteiger charge is -2.46. The molecule has 20 heavy (non-hydrogen) atoms. The summed E-state index contributed by atoms with van der Waals surface area (Å²) in [5.74, 6) is 0.0828. The number of likely N-dealkylation sites (N-methyl/N-ethyl adjacent to an activating group) is 1. The van der Waals surface area contributed by atoms with Gasteiger partial charge >= 0.3 is 0 Å². The standard InChI is InChI=1S/C15H21ClN2O2/c1-10(19)11-5-6-13(12(16)9-11)18-8-7-17(4)14(20)15(18,2)3/h5-6,9-10,19H,7-8H2,1-4H3/t10-/m0/s1. The molecule has 1 aromatic carbocycles. The van der Waals surface area contributed by atoms with Gasteiger partial charge in [0.2, 0.25) is 5.91 Å². The highest BCUT2D eigenvalue weighted by molar-refractivity contribution is 6.33. The van der Waals surface area contributed by atoms with Crippen molar-refractivity contribution < 1.29 is 9.90 Å². The normalized spacial score (nSPS) is 20.2. The first-order chi connectivity index (χ1) is 9.25. The number of halogens is 1. The summed E-state index contributed by atoms with van der Waals surface area (Å²) in [7, 11) is 1.82. The molecular formula is C15H21ClN2O2. The van der Waals surface area contributed by atoms with E-state index in [4.69, 9.17) is 11.6 Å². The van der Waals surface area contributed by atoms with E-state index in [0.717, 1.165) is 17.8 Å². The highest BCUT2D eigenvalue weighted by atomic mass is 35.5. The van der Waals surface area contributed by atoms with E-state index in [9.17, 15) is 9.90 Å². The van der Waals surface area contributed by atoms with Crippen LogP contribution < -0.4 is 4.90 Å². The Bertz CT molecular complexity index is 529. The molecule has 2 rings (SSSR count). The molecular weight excluding hydrogens is 276 g/mol. The Morgan fingerprint density at radius 1 is 1.35 bits per heavy atom. The van der Waals surface area contributed by atoms with Crippen molar-refractivity contribution >= 4 is 23.2 Å². The Balaban J connectivity index is 2.39. The van der Waals surface area contributed by atoms with Crippen LogP contribution in [0.2, 0.25) is 5.02 Å². The van der Waals surface area contributed by atoms with Gasteiger partial charge < -0.3 is 14.9 Å². The van der Waals surface area contributed by atoms with E-state index in [1.54, 1.807) is 17.9 Å². The largest absolute Gasteiger partial charge is 0.389 e. The molecule has 0 radical (unpaired) electrons. The van der Waals surface area contributed by atoms with E-state index >= 15 is 0 Å². The zero-order chi connectivity index (χ0) is 15.1. The van der Waals surface area contributed by atoms with E-state index in [0.29, 0.717) is 11.6 Å². The first-order valence-corrected chi connectivity index (χ1v) is 7.13. The number of carbonyl (C=O) groups is 1. The van der Waals surface area contributed by atoms with Gasteiger partial charge in [-0.25, -0.2) is 0 Å². The summed E-state index contributed by atoms with van der Waals surface area (Å²) < 4.78 is 0. The van der Waals surface area contributed by atoms with Crippen LogP contribution in [0.3, 0.4) is 0 Å². The summed E-state index contributed by atoms with van der Waals surface area (Å²) in [6.45, 7) is 6.93. The molecule has 1 aliphatic rings. The number of benzene rings is 1. The quantitative estimate of drug-likeness (QED) is 0.912. The third kappa shape index (κ3) is 2.50. The molecule has 1 saturated heterocycles. The van der Waals surface area contributed by atoms with Gasteiger partial charge in [0.05, 0.1) is 16.8 Å². The van der Waals surface area contributed by atoms with Gasteiger partial charge in [-0.2, -0.15) is 0 Å². The Morgan fingerprint density at radius 2 is 2.00 bits per heavy atom. The van der Waals surface area contributed by atoms with Gasteiger partial charge in [-0.15, -0.1) is 0 Å². The molecule has 0 spiro atoms. The molecule has 1 N–H and O–H groups in total. The van der Waals surface area contributed by atoms with Gasteiger partial charge in [0.15, 0.2) is 0 Å². The van der Waals surface area contributed by atoms with E-state index in [1.807, 2.05) is 37.9 Å². The molecule has 1 aliphatic heterocycles. The molecule has 5 heteroatoms. The molecule has 0 aliphatic carbocycles. The maximum absolute atomic E-state index is 12.3. The summed E-state index contributed by atoms with van der Waals surface area (Å²) in [6.07, 6.45) is -0.552. The Morgan fingerprint density at radius 3 is 2.55 bits per heavy atom. The van der Waals surface area contributed by atoms with Crippen LogP contribution in [0.1, 0.15) is 32.4 Å². The monoisotopic (exact) mass is 296 g/mol. The van der Waals surface area contributed by atoms with Crippen LogP contribution in [0, 0.1) is 0 Å². The van der Waals surface area contributed by atoms with Crippen LogP contribution >= 0.6 is 11.6 Å². The Kier molecular flexibility index (Phi) is 3.98. The lowest BCUT2D eigenvalue weighted by atomic mass is 9.96. The van der Waals surface area contributed by atoms with Gasteiger partial charge in [0.25, 0.3) is 0 Å². The number of aliphatic hydroxyl groups is 1. The highest BCUT2D eigenvalue weighted by Gasteiger charge is 2.41. The van der Waals surface area contributed by atoms with E-state index in [-0.39, 0.29) is 5.91 Å². The van der Waals surface area contributed by atoms with Crippen molar-refractivity contribution in [3.05, 3.63) is 28.8 Å². The van der Waals surface area contributed by atoms with Crippen LogP contribution in [0.25, 0.3) is 0 Å². The predicted molar refractivity (Wildman–Crippen MR) is 81.1 cm³/mol. The van der Waals surface area contributed by atoms with E-state index < -0.39 is 11.6 Å². The first kappa shape index (κ1) is 15.1. The molecule has 1 aromatic rings. The van der Waals surface area contributed by atoms with Gasteiger partial charge in [-0.1, -0.05) is 17.7 Å². The number of carbonyl (C=O) groups excluding carboxylic acids is 1. The Labute approximate surface area is 124 Å². The SMILES string of the molecule is C[C@H](O)c1ccc(N2CCN(C)C(=O)C2(C)C)c(Cl)c1. The summed E-state index contributed by atoms with van der Waals surface area (Å²) in [4.78, 5) is 16.1. The first-order valence-electron chi connectivity index (χ1n) is 6.76. The van der Waals surface area contributed by atoms with E-state index in [2.05, 4.69) is 0 Å². The molecule has 0 saturated carbocycles. The minimum atomic E-state index is -0.622. The van der Waals surface area contributed by atoms with Crippen molar-refractivity contribution in [3.8, 4) is 0 Å². The fraction of sp³-hybridized carbons (Fsp3) is 0.533. The number of aliphatic hydroxyl groups excluding tert-OH is 1. The van der Waals surface area contributed by atoms with Crippen LogP contribution in [0.4, 0.5) is 5.69 Å². The second kappa shape index (κ2) is 5.26. The van der Waals surface area contributed by atoms with Gasteiger partial charge in [0.1, 0.15) is 5.54 Å². The number of piperazine rings is 1. The van der Waals surface area contributed by atoms with Gasteiger partial charge in [0, 0.05) is 20.1 Å². The van der Waals surface area contributed by atoms with Crippen LogP contribution in [-0.4, -0.2) is 41.6 Å². The number of hydrogen-bond acceptors (Lipinski definition) is 3. The maximum Gasteiger partial charge on any atom is 0.247 e. The summed E-state index contributed by atoms with van der Waals surface area (Å²) in [5.41, 5.74) is 0.989. The number of rotatable bonds is 2. The zero-order valence-electron chi connectivity index (χ0n) is 12.4. The zero-order valence-corrected chi connectivity index (χ0v) is 13.1. The summed E-state index contributed by atoms with van der Waals surface area (Å²) >= 11 is 6.34. The molecule has 1 fully saturated rings. The smallest absolute Gasteiger partial charge is 0.247 e. The molecule has 4 nitrogen and oxygen atoms in total. The topological polar surface area (TPSA) is 43.8 Å². The fourth-order valence-corrected chi connectivity index (χ4v) is 2.93. The molecule has 1 amide bonds. The van der Waals surface area contributed by atoms with Gasteiger partial charge in [-0.05, 0) is 38.5 Å². The van der Waals surface area contributed by atoms with Crippen molar-refractivity contribution in [1.29, 1.82) is 0 Å². The van der Waals surface area contributed by atoms with Crippen molar-refractivity contribution in [2.75, 3.05) is 25.0 Å². The van der Waals surface area contributed by atoms with E-state index in [1.165, 1.54) is 0 Å². The third-order valence-corrected chi connectivity index (χ3v) is 4.25. The average Bonchev–Trinajstić information content (AvgIpc) is 2.37. The molecule has 0 bridgehead atoms. The number of anilines is 1. The lowest BCUT2D eigenvalue weighted by molar-refractivity contribution is -0.136. The summed E-state index contributed by atoms with van der Waals surface area (Å²) in [6, 6.07) is 5.50. The number of hydrogen-bond donors (Lipinski definition) is 1. The fourth-order valence-electron chi connectivity index (χ4n) is 2.64. The number of amides is 1. The van der Waals surface area contributed by atoms with Crippen molar-refractivity contribution in [2.45, 2.75) is 32.4 Å². The molecule has 0 unspecified atom stereocenters. The van der Waals surface area contributed by atoms with Crippen molar-refractivity contribution in [2.24, 2.45) is 0 Å². The van der Waals surface area contributed by atoms with Crippen LogP contribution in [0.5, 0.6) is 0 Å². The maximum atomic E-state index is 12.3. The minimum absolute atomic E-state index is 0.0828. The second-order valence-corrected chi connectivity index (χ2v) is 6.23. The molecule has 0 aromatic heterocycles. The molecule has 1 atom stereocenters. The van der Waals surface area contributed by atoms with Crippen LogP contribution in [0.15, 0.2) is 18.2 Å². The third-order valence-electron chi connectivity index (χ3n) is 3.95.